The number of carbonyl (C=O) groups excluding carboxylic acids is 1. The van der Waals surface area contributed by atoms with Crippen LogP contribution in [0, 0.1) is 11.8 Å². The Balaban J connectivity index is 5.09. The molecular weight excluding hydrogens is 276 g/mol. The fraction of sp³-hybridized carbons (Fsp3) is 0.545. The predicted molar refractivity (Wildman–Crippen MR) is 61.0 cm³/mol. The van der Waals surface area contributed by atoms with Crippen molar-refractivity contribution in [2.24, 2.45) is 11.8 Å². The van der Waals surface area contributed by atoms with Gasteiger partial charge in [-0.2, -0.15) is 0 Å². The van der Waals surface area contributed by atoms with Crippen LogP contribution in [0.25, 0.3) is 0 Å². The molecule has 0 atom stereocenters. The van der Waals surface area contributed by atoms with Crippen molar-refractivity contribution in [2.75, 3.05) is 0 Å². The molecule has 0 aliphatic carbocycles. The summed E-state index contributed by atoms with van der Waals surface area (Å²) in [5.41, 5.74) is 0. The number of carbonyl (C=O) groups is 5. The average Bonchev–Trinajstić information content (AvgIpc) is 2.23. The molecule has 0 aromatic rings. The molecule has 0 heterocycles. The molecule has 0 aliphatic heterocycles. The summed E-state index contributed by atoms with van der Waals surface area (Å²) in [5, 5.41) is 34.5. The normalized spacial score (nSPS) is 10.5. The van der Waals surface area contributed by atoms with Gasteiger partial charge in [-0.05, 0) is 0 Å². The zero-order chi connectivity index (χ0) is 15.9. The van der Waals surface area contributed by atoms with E-state index < -0.39 is 67.2 Å². The van der Waals surface area contributed by atoms with Gasteiger partial charge in [0.2, 0.25) is 0 Å². The Morgan fingerprint density at radius 3 is 0.900 bits per heavy atom. The van der Waals surface area contributed by atoms with Gasteiger partial charge in [0, 0.05) is 11.8 Å². The fourth-order valence-corrected chi connectivity index (χ4v) is 1.72. The van der Waals surface area contributed by atoms with Crippen molar-refractivity contribution in [3.8, 4) is 0 Å². The summed E-state index contributed by atoms with van der Waals surface area (Å²) in [5.74, 6) is -9.56. The molecule has 0 aromatic carbocycles. The maximum absolute atomic E-state index is 11.9. The second kappa shape index (κ2) is 7.87. The monoisotopic (exact) mass is 290 g/mol. The van der Waals surface area contributed by atoms with E-state index >= 15 is 0 Å². The number of carboxylic acids is 4. The second-order valence-corrected chi connectivity index (χ2v) is 4.19. The zero-order valence-corrected chi connectivity index (χ0v) is 10.3. The Hall–Kier alpha value is -2.45. The lowest BCUT2D eigenvalue weighted by atomic mass is 9.84. The number of hydrogen-bond acceptors (Lipinski definition) is 5. The van der Waals surface area contributed by atoms with Gasteiger partial charge in [0.15, 0.2) is 0 Å². The maximum Gasteiger partial charge on any atom is 0.304 e. The van der Waals surface area contributed by atoms with E-state index in [2.05, 4.69) is 0 Å². The lowest BCUT2D eigenvalue weighted by Gasteiger charge is -2.17. The van der Waals surface area contributed by atoms with E-state index in [0.717, 1.165) is 0 Å². The second-order valence-electron chi connectivity index (χ2n) is 4.19. The quantitative estimate of drug-likeness (QED) is 0.421. The van der Waals surface area contributed by atoms with E-state index in [1.54, 1.807) is 0 Å². The summed E-state index contributed by atoms with van der Waals surface area (Å²) in [6.07, 6.45) is -3.16. The topological polar surface area (TPSA) is 166 Å². The highest BCUT2D eigenvalue weighted by atomic mass is 16.4. The number of rotatable bonds is 10. The molecule has 0 aliphatic rings. The van der Waals surface area contributed by atoms with Crippen LogP contribution in [0.1, 0.15) is 25.7 Å². The molecule has 20 heavy (non-hydrogen) atoms. The maximum atomic E-state index is 11.9. The molecule has 0 radical (unpaired) electrons. The third-order valence-electron chi connectivity index (χ3n) is 2.49. The molecule has 0 rings (SSSR count). The van der Waals surface area contributed by atoms with Gasteiger partial charge in [0.1, 0.15) is 5.78 Å². The highest BCUT2D eigenvalue weighted by Gasteiger charge is 2.33. The van der Waals surface area contributed by atoms with Gasteiger partial charge in [-0.3, -0.25) is 24.0 Å². The molecule has 0 fully saturated rings. The average molecular weight is 290 g/mol. The minimum absolute atomic E-state index is 0.791. The van der Waals surface area contributed by atoms with Gasteiger partial charge in [0.25, 0.3) is 0 Å². The number of Topliss-reactive ketones (excluding diaryl/α,β-unsaturated/α-hetero) is 1. The van der Waals surface area contributed by atoms with Crippen molar-refractivity contribution >= 4 is 29.7 Å². The Morgan fingerprint density at radius 2 is 0.750 bits per heavy atom. The van der Waals surface area contributed by atoms with E-state index in [0.29, 0.717) is 0 Å². The summed E-state index contributed by atoms with van der Waals surface area (Å²) in [4.78, 5) is 54.3. The van der Waals surface area contributed by atoms with Crippen LogP contribution in [0.2, 0.25) is 0 Å². The molecule has 9 nitrogen and oxygen atoms in total. The van der Waals surface area contributed by atoms with E-state index in [-0.39, 0.29) is 0 Å². The molecule has 112 valence electrons. The predicted octanol–water partition coefficient (Wildman–Crippen LogP) is -0.313. The minimum Gasteiger partial charge on any atom is -0.481 e. The number of ketones is 1. The largest absolute Gasteiger partial charge is 0.481 e. The molecule has 0 saturated carbocycles. The first-order valence-electron chi connectivity index (χ1n) is 5.54. The van der Waals surface area contributed by atoms with Crippen LogP contribution in [0.5, 0.6) is 0 Å². The van der Waals surface area contributed by atoms with Crippen LogP contribution < -0.4 is 0 Å². The van der Waals surface area contributed by atoms with Gasteiger partial charge in [-0.15, -0.1) is 0 Å². The SMILES string of the molecule is O=C(O)CC(CC(=O)O)C(=O)C(CC(=O)O)CC(=O)O. The Kier molecular flexibility index (Phi) is 6.91. The number of carboxylic acid groups (broad SMARTS) is 4. The van der Waals surface area contributed by atoms with Crippen LogP contribution in [-0.4, -0.2) is 50.1 Å². The number of aliphatic carboxylic acids is 4. The lowest BCUT2D eigenvalue weighted by molar-refractivity contribution is -0.148. The summed E-state index contributed by atoms with van der Waals surface area (Å²) in [6.45, 7) is 0. The Labute approximate surface area is 112 Å². The van der Waals surface area contributed by atoms with Crippen molar-refractivity contribution in [3.63, 3.8) is 0 Å². The molecular formula is C11H14O9. The number of hydrogen-bond donors (Lipinski definition) is 4. The molecule has 0 spiro atoms. The molecule has 9 heteroatoms. The minimum atomic E-state index is -1.45. The molecule has 0 aromatic heterocycles. The van der Waals surface area contributed by atoms with Crippen LogP contribution in [0.15, 0.2) is 0 Å². The molecule has 0 amide bonds. The van der Waals surface area contributed by atoms with E-state index in [4.69, 9.17) is 20.4 Å². The van der Waals surface area contributed by atoms with E-state index in [9.17, 15) is 24.0 Å². The highest BCUT2D eigenvalue weighted by molar-refractivity contribution is 5.93. The summed E-state index contributed by atoms with van der Waals surface area (Å²) in [7, 11) is 0. The van der Waals surface area contributed by atoms with Gasteiger partial charge < -0.3 is 20.4 Å². The molecule has 0 bridgehead atoms. The first-order chi connectivity index (χ1) is 9.13. The van der Waals surface area contributed by atoms with Crippen LogP contribution >= 0.6 is 0 Å². The Morgan fingerprint density at radius 1 is 0.550 bits per heavy atom. The van der Waals surface area contributed by atoms with Crippen LogP contribution in [0.4, 0.5) is 0 Å². The smallest absolute Gasteiger partial charge is 0.304 e. The third-order valence-corrected chi connectivity index (χ3v) is 2.49. The van der Waals surface area contributed by atoms with Gasteiger partial charge in [-0.25, -0.2) is 0 Å². The highest BCUT2D eigenvalue weighted by Crippen LogP contribution is 2.21. The van der Waals surface area contributed by atoms with Crippen molar-refractivity contribution in [1.29, 1.82) is 0 Å². The van der Waals surface area contributed by atoms with Crippen molar-refractivity contribution < 1.29 is 44.4 Å². The van der Waals surface area contributed by atoms with Crippen LogP contribution in [-0.2, 0) is 24.0 Å². The van der Waals surface area contributed by atoms with Crippen molar-refractivity contribution in [2.45, 2.75) is 25.7 Å². The third kappa shape index (κ3) is 7.09. The van der Waals surface area contributed by atoms with Crippen molar-refractivity contribution in [3.05, 3.63) is 0 Å². The summed E-state index contributed by atoms with van der Waals surface area (Å²) >= 11 is 0. The zero-order valence-electron chi connectivity index (χ0n) is 10.3. The van der Waals surface area contributed by atoms with Crippen LogP contribution in [0.3, 0.4) is 0 Å². The van der Waals surface area contributed by atoms with E-state index in [1.165, 1.54) is 0 Å². The first-order valence-corrected chi connectivity index (χ1v) is 5.54. The fourth-order valence-electron chi connectivity index (χ4n) is 1.72. The van der Waals surface area contributed by atoms with Gasteiger partial charge in [-0.1, -0.05) is 0 Å². The summed E-state index contributed by atoms with van der Waals surface area (Å²) in [6, 6.07) is 0. The Bertz CT molecular complexity index is 356. The molecule has 4 N–H and O–H groups in total. The van der Waals surface area contributed by atoms with Gasteiger partial charge >= 0.3 is 23.9 Å². The van der Waals surface area contributed by atoms with Gasteiger partial charge in [0.05, 0.1) is 25.7 Å². The molecule has 0 saturated heterocycles. The molecule has 0 unspecified atom stereocenters. The van der Waals surface area contributed by atoms with E-state index in [1.807, 2.05) is 0 Å². The van der Waals surface area contributed by atoms with Crippen molar-refractivity contribution in [1.82, 2.24) is 0 Å². The standard InChI is InChI=1S/C11H14O9/c12-7(13)1-5(2-8(14)15)11(20)6(3-9(16)17)4-10(18)19/h5-6H,1-4H2,(H,12,13)(H,14,15)(H,16,17)(H,18,19). The lowest BCUT2D eigenvalue weighted by Crippen LogP contribution is -2.30. The summed E-state index contributed by atoms with van der Waals surface area (Å²) < 4.78 is 0. The first kappa shape index (κ1) is 17.6.